The molecular formula is C26H34N6O3. The first-order valence-electron chi connectivity index (χ1n) is 12.2. The molecule has 2 aromatic heterocycles. The number of nitrogens with one attached hydrogen (secondary N) is 1. The Morgan fingerprint density at radius 3 is 2.71 bits per heavy atom. The van der Waals surface area contributed by atoms with Gasteiger partial charge in [0.25, 0.3) is 0 Å². The van der Waals surface area contributed by atoms with Gasteiger partial charge in [0.2, 0.25) is 11.9 Å². The van der Waals surface area contributed by atoms with E-state index in [9.17, 15) is 4.79 Å². The minimum Gasteiger partial charge on any atom is -0.493 e. The monoisotopic (exact) mass is 478 g/mol. The van der Waals surface area contributed by atoms with Crippen molar-refractivity contribution in [3.63, 3.8) is 0 Å². The van der Waals surface area contributed by atoms with Gasteiger partial charge in [0.05, 0.1) is 14.2 Å². The largest absolute Gasteiger partial charge is 0.493 e. The number of imidazole rings is 1. The minimum absolute atomic E-state index is 0.0354. The molecule has 4 rings (SSSR count). The van der Waals surface area contributed by atoms with Crippen molar-refractivity contribution in [1.29, 1.82) is 0 Å². The molecule has 0 bridgehead atoms. The van der Waals surface area contributed by atoms with Crippen LogP contribution in [0, 0.1) is 0 Å². The van der Waals surface area contributed by atoms with Crippen LogP contribution in [0.4, 0.5) is 5.82 Å². The summed E-state index contributed by atoms with van der Waals surface area (Å²) in [6.45, 7) is 3.41. The molecule has 1 aliphatic rings. The van der Waals surface area contributed by atoms with Gasteiger partial charge in [-0.2, -0.15) is 4.98 Å². The molecular weight excluding hydrogens is 444 g/mol. The van der Waals surface area contributed by atoms with E-state index in [1.807, 2.05) is 30.5 Å². The summed E-state index contributed by atoms with van der Waals surface area (Å²) in [5.74, 6) is 2.79. The van der Waals surface area contributed by atoms with E-state index in [0.29, 0.717) is 30.4 Å². The molecule has 0 radical (unpaired) electrons. The van der Waals surface area contributed by atoms with Crippen LogP contribution >= 0.6 is 0 Å². The Hall–Kier alpha value is -3.62. The lowest BCUT2D eigenvalue weighted by molar-refractivity contribution is -0.122. The van der Waals surface area contributed by atoms with Crippen LogP contribution in [0.25, 0.3) is 5.95 Å². The van der Waals surface area contributed by atoms with Crippen molar-refractivity contribution in [2.24, 2.45) is 0 Å². The van der Waals surface area contributed by atoms with Crippen molar-refractivity contribution in [2.75, 3.05) is 32.2 Å². The third-order valence-corrected chi connectivity index (χ3v) is 6.36. The number of anilines is 1. The summed E-state index contributed by atoms with van der Waals surface area (Å²) in [6.07, 6.45) is 10.7. The Balaban J connectivity index is 1.49. The highest BCUT2D eigenvalue weighted by Crippen LogP contribution is 2.28. The number of hydrogen-bond donors (Lipinski definition) is 1. The first kappa shape index (κ1) is 24.5. The van der Waals surface area contributed by atoms with Gasteiger partial charge in [-0.25, -0.2) is 9.97 Å². The second-order valence-electron chi connectivity index (χ2n) is 8.63. The maximum Gasteiger partial charge on any atom is 0.242 e. The second-order valence-corrected chi connectivity index (χ2v) is 8.63. The number of nitrogens with zero attached hydrogens (tertiary/aromatic N) is 5. The Kier molecular flexibility index (Phi) is 8.18. The van der Waals surface area contributed by atoms with Gasteiger partial charge in [0, 0.05) is 37.2 Å². The van der Waals surface area contributed by atoms with Crippen molar-refractivity contribution in [3.05, 3.63) is 54.2 Å². The number of carbonyl (C=O) groups excluding carboxylic acids is 1. The molecule has 9 nitrogen and oxygen atoms in total. The summed E-state index contributed by atoms with van der Waals surface area (Å²) >= 11 is 0. The summed E-state index contributed by atoms with van der Waals surface area (Å²) < 4.78 is 12.5. The molecule has 3 aromatic rings. The third kappa shape index (κ3) is 5.90. The summed E-state index contributed by atoms with van der Waals surface area (Å²) in [5, 5.41) is 3.15. The highest BCUT2D eigenvalue weighted by molar-refractivity contribution is 5.85. The molecule has 9 heteroatoms. The maximum absolute atomic E-state index is 13.4. The molecule has 0 saturated carbocycles. The maximum atomic E-state index is 13.4. The van der Waals surface area contributed by atoms with E-state index >= 15 is 0 Å². The lowest BCUT2D eigenvalue weighted by atomic mass is 10.1. The number of aryl methyl sites for hydroxylation is 1. The van der Waals surface area contributed by atoms with Crippen LogP contribution < -0.4 is 19.7 Å². The fourth-order valence-corrected chi connectivity index (χ4v) is 4.43. The van der Waals surface area contributed by atoms with E-state index in [0.717, 1.165) is 55.7 Å². The van der Waals surface area contributed by atoms with E-state index in [4.69, 9.17) is 14.5 Å². The molecule has 1 N–H and O–H groups in total. The highest BCUT2D eigenvalue weighted by atomic mass is 16.5. The van der Waals surface area contributed by atoms with E-state index < -0.39 is 0 Å². The number of amides is 1. The zero-order chi connectivity index (χ0) is 24.6. The predicted octanol–water partition coefficient (Wildman–Crippen LogP) is 3.35. The average molecular weight is 479 g/mol. The minimum atomic E-state index is -0.266. The molecule has 1 atom stereocenters. The zero-order valence-corrected chi connectivity index (χ0v) is 20.7. The van der Waals surface area contributed by atoms with E-state index in [2.05, 4.69) is 27.1 Å². The summed E-state index contributed by atoms with van der Waals surface area (Å²) in [5.41, 5.74) is 2.02. The molecule has 1 amide bonds. The first-order valence-corrected chi connectivity index (χ1v) is 12.2. The van der Waals surface area contributed by atoms with Crippen LogP contribution in [0.2, 0.25) is 0 Å². The van der Waals surface area contributed by atoms with Gasteiger partial charge in [0.15, 0.2) is 11.5 Å². The van der Waals surface area contributed by atoms with Gasteiger partial charge in [0.1, 0.15) is 18.2 Å². The number of rotatable bonds is 9. The lowest BCUT2D eigenvalue weighted by Gasteiger charge is -2.30. The van der Waals surface area contributed by atoms with Crippen LogP contribution in [0.5, 0.6) is 11.5 Å². The van der Waals surface area contributed by atoms with Gasteiger partial charge in [-0.05, 0) is 43.4 Å². The van der Waals surface area contributed by atoms with Crippen LogP contribution in [0.1, 0.15) is 43.9 Å². The van der Waals surface area contributed by atoms with Gasteiger partial charge in [-0.15, -0.1) is 0 Å². The van der Waals surface area contributed by atoms with Gasteiger partial charge < -0.3 is 19.7 Å². The average Bonchev–Trinajstić information content (AvgIpc) is 3.32. The number of methoxy groups -OCH3 is 2. The fraction of sp³-hybridized carbons (Fsp3) is 0.462. The molecule has 1 fully saturated rings. The molecule has 0 spiro atoms. The number of carbonyl (C=O) groups is 1. The number of aromatic nitrogens is 4. The van der Waals surface area contributed by atoms with Gasteiger partial charge in [-0.3, -0.25) is 9.36 Å². The Labute approximate surface area is 206 Å². The number of ether oxygens (including phenoxy) is 2. The molecule has 1 aliphatic heterocycles. The number of hydrogen-bond acceptors (Lipinski definition) is 7. The number of benzene rings is 1. The normalized spacial score (nSPS) is 16.0. The first-order chi connectivity index (χ1) is 17.1. The van der Waals surface area contributed by atoms with Crippen LogP contribution in [-0.4, -0.2) is 58.8 Å². The van der Waals surface area contributed by atoms with Crippen molar-refractivity contribution >= 4 is 11.7 Å². The van der Waals surface area contributed by atoms with E-state index in [1.165, 1.54) is 0 Å². The molecule has 1 aromatic carbocycles. The van der Waals surface area contributed by atoms with Gasteiger partial charge in [-0.1, -0.05) is 25.8 Å². The highest BCUT2D eigenvalue weighted by Gasteiger charge is 2.29. The van der Waals surface area contributed by atoms with Crippen LogP contribution in [0.15, 0.2) is 43.0 Å². The lowest BCUT2D eigenvalue weighted by Crippen LogP contribution is -2.47. The van der Waals surface area contributed by atoms with Crippen molar-refractivity contribution < 1.29 is 14.3 Å². The molecule has 3 heterocycles. The van der Waals surface area contributed by atoms with Crippen molar-refractivity contribution in [2.45, 2.75) is 51.5 Å². The molecule has 0 aliphatic carbocycles. The Bertz CT molecular complexity index is 1120. The molecule has 35 heavy (non-hydrogen) atoms. The topological polar surface area (TPSA) is 94.4 Å². The zero-order valence-electron chi connectivity index (χ0n) is 20.7. The second kappa shape index (κ2) is 11.7. The van der Waals surface area contributed by atoms with Gasteiger partial charge >= 0.3 is 0 Å². The molecule has 1 saturated heterocycles. The summed E-state index contributed by atoms with van der Waals surface area (Å²) in [4.78, 5) is 29.1. The summed E-state index contributed by atoms with van der Waals surface area (Å²) in [6, 6.07) is 7.58. The SMILES string of the molecule is CCc1cc(N2CCCCCC2C(=O)NCCc2ccc(OC)c(OC)c2)nc(-n2ccnc2)n1. The van der Waals surface area contributed by atoms with Crippen molar-refractivity contribution in [3.8, 4) is 17.4 Å². The smallest absolute Gasteiger partial charge is 0.242 e. The third-order valence-electron chi connectivity index (χ3n) is 6.36. The quantitative estimate of drug-likeness (QED) is 0.504. The summed E-state index contributed by atoms with van der Waals surface area (Å²) in [7, 11) is 3.25. The van der Waals surface area contributed by atoms with E-state index in [1.54, 1.807) is 31.3 Å². The van der Waals surface area contributed by atoms with Crippen LogP contribution in [-0.2, 0) is 17.6 Å². The Morgan fingerprint density at radius 2 is 1.97 bits per heavy atom. The Morgan fingerprint density at radius 1 is 1.11 bits per heavy atom. The van der Waals surface area contributed by atoms with Crippen LogP contribution in [0.3, 0.4) is 0 Å². The molecule has 1 unspecified atom stereocenters. The fourth-order valence-electron chi connectivity index (χ4n) is 4.43. The standard InChI is InChI=1S/C26H34N6O3/c1-4-20-17-24(30-26(29-20)31-15-13-27-18-31)32-14-7-5-6-8-21(32)25(33)28-12-11-19-9-10-22(34-2)23(16-19)35-3/h9-10,13,15-18,21H,4-8,11-12,14H2,1-3H3,(H,28,33). The molecule has 186 valence electrons. The van der Waals surface area contributed by atoms with Crippen molar-refractivity contribution in [1.82, 2.24) is 24.8 Å². The van der Waals surface area contributed by atoms with E-state index in [-0.39, 0.29) is 11.9 Å². The predicted molar refractivity (Wildman–Crippen MR) is 134 cm³/mol.